The first-order valence-electron chi connectivity index (χ1n) is 4.51. The molecule has 0 aliphatic heterocycles. The Labute approximate surface area is 79.3 Å². The van der Waals surface area contributed by atoms with Crippen molar-refractivity contribution < 1.29 is 14.6 Å². The molecule has 4 heteroatoms. The highest BCUT2D eigenvalue weighted by Gasteiger charge is 2.10. The quantitative estimate of drug-likeness (QED) is 0.584. The van der Waals surface area contributed by atoms with Gasteiger partial charge in [0.05, 0.1) is 19.6 Å². The van der Waals surface area contributed by atoms with Crippen LogP contribution in [0.2, 0.25) is 0 Å². The van der Waals surface area contributed by atoms with Crippen LogP contribution in [0.1, 0.15) is 20.3 Å². The molecule has 1 atom stereocenters. The van der Waals surface area contributed by atoms with Crippen LogP contribution in [0.3, 0.4) is 0 Å². The number of aliphatic hydroxyl groups is 1. The van der Waals surface area contributed by atoms with Crippen molar-refractivity contribution >= 4 is 5.97 Å². The maximum absolute atomic E-state index is 10.7. The molecule has 78 valence electrons. The highest BCUT2D eigenvalue weighted by atomic mass is 16.5. The van der Waals surface area contributed by atoms with Crippen LogP contribution in [-0.2, 0) is 9.53 Å². The fourth-order valence-corrected chi connectivity index (χ4v) is 0.887. The van der Waals surface area contributed by atoms with Crippen LogP contribution in [0, 0.1) is 5.92 Å². The zero-order valence-electron chi connectivity index (χ0n) is 8.54. The Kier molecular flexibility index (Phi) is 6.54. The van der Waals surface area contributed by atoms with Gasteiger partial charge in [-0.3, -0.25) is 4.79 Å². The van der Waals surface area contributed by atoms with Gasteiger partial charge in [-0.1, -0.05) is 13.8 Å². The summed E-state index contributed by atoms with van der Waals surface area (Å²) < 4.78 is 4.42. The molecule has 0 radical (unpaired) electrons. The van der Waals surface area contributed by atoms with E-state index < -0.39 is 6.10 Å². The summed E-state index contributed by atoms with van der Waals surface area (Å²) in [5.41, 5.74) is 0. The first-order valence-corrected chi connectivity index (χ1v) is 4.51. The molecule has 0 aromatic carbocycles. The SMILES string of the molecule is COC(=O)CC(O)CNCC(C)C. The van der Waals surface area contributed by atoms with Gasteiger partial charge in [0.2, 0.25) is 0 Å². The van der Waals surface area contributed by atoms with Crippen molar-refractivity contribution in [3.05, 3.63) is 0 Å². The van der Waals surface area contributed by atoms with E-state index in [4.69, 9.17) is 0 Å². The molecule has 0 amide bonds. The minimum absolute atomic E-state index is 0.0571. The molecule has 0 saturated carbocycles. The molecule has 0 heterocycles. The van der Waals surface area contributed by atoms with Gasteiger partial charge in [-0.05, 0) is 12.5 Å². The summed E-state index contributed by atoms with van der Waals surface area (Å²) in [7, 11) is 1.32. The van der Waals surface area contributed by atoms with E-state index in [1.807, 2.05) is 0 Å². The molecule has 0 aromatic heterocycles. The van der Waals surface area contributed by atoms with Crippen LogP contribution in [-0.4, -0.2) is 37.4 Å². The normalized spacial score (nSPS) is 13.0. The third-order valence-corrected chi connectivity index (χ3v) is 1.56. The lowest BCUT2D eigenvalue weighted by Gasteiger charge is -2.11. The molecular formula is C9H19NO3. The molecule has 0 aliphatic rings. The van der Waals surface area contributed by atoms with Crippen molar-refractivity contribution in [2.75, 3.05) is 20.2 Å². The number of carbonyl (C=O) groups excluding carboxylic acids is 1. The smallest absolute Gasteiger partial charge is 0.308 e. The van der Waals surface area contributed by atoms with Crippen LogP contribution in [0.4, 0.5) is 0 Å². The second kappa shape index (κ2) is 6.86. The molecule has 0 aromatic rings. The largest absolute Gasteiger partial charge is 0.469 e. The number of esters is 1. The lowest BCUT2D eigenvalue weighted by Crippen LogP contribution is -2.31. The number of hydrogen-bond acceptors (Lipinski definition) is 4. The van der Waals surface area contributed by atoms with E-state index in [1.54, 1.807) is 0 Å². The van der Waals surface area contributed by atoms with E-state index in [0.717, 1.165) is 6.54 Å². The molecular weight excluding hydrogens is 170 g/mol. The predicted octanol–water partition coefficient (Wildman–Crippen LogP) is 0.156. The van der Waals surface area contributed by atoms with Crippen LogP contribution < -0.4 is 5.32 Å². The maximum atomic E-state index is 10.7. The number of ether oxygens (including phenoxy) is 1. The van der Waals surface area contributed by atoms with Gasteiger partial charge >= 0.3 is 5.97 Å². The summed E-state index contributed by atoms with van der Waals surface area (Å²) in [6.07, 6.45) is -0.590. The van der Waals surface area contributed by atoms with Crippen molar-refractivity contribution in [2.45, 2.75) is 26.4 Å². The van der Waals surface area contributed by atoms with Crippen molar-refractivity contribution in [3.8, 4) is 0 Å². The third kappa shape index (κ3) is 7.74. The van der Waals surface area contributed by atoms with Gasteiger partial charge in [0, 0.05) is 6.54 Å². The van der Waals surface area contributed by atoms with Crippen molar-refractivity contribution in [1.82, 2.24) is 5.32 Å². The van der Waals surface area contributed by atoms with Crippen LogP contribution in [0.5, 0.6) is 0 Å². The molecule has 0 spiro atoms. The summed E-state index contributed by atoms with van der Waals surface area (Å²) in [5, 5.41) is 12.4. The first-order chi connectivity index (χ1) is 6.06. The average Bonchev–Trinajstić information content (AvgIpc) is 2.03. The number of carbonyl (C=O) groups is 1. The number of nitrogens with one attached hydrogen (secondary N) is 1. The first kappa shape index (κ1) is 12.4. The summed E-state index contributed by atoms with van der Waals surface area (Å²) in [6, 6.07) is 0. The van der Waals surface area contributed by atoms with E-state index in [1.165, 1.54) is 7.11 Å². The van der Waals surface area contributed by atoms with Crippen LogP contribution in [0.15, 0.2) is 0 Å². The van der Waals surface area contributed by atoms with Crippen molar-refractivity contribution in [1.29, 1.82) is 0 Å². The van der Waals surface area contributed by atoms with Gasteiger partial charge in [0.1, 0.15) is 0 Å². The summed E-state index contributed by atoms with van der Waals surface area (Å²) >= 11 is 0. The average molecular weight is 189 g/mol. The molecule has 4 nitrogen and oxygen atoms in total. The molecule has 0 aliphatic carbocycles. The lowest BCUT2D eigenvalue weighted by molar-refractivity contribution is -0.142. The summed E-state index contributed by atoms with van der Waals surface area (Å²) in [4.78, 5) is 10.7. The summed E-state index contributed by atoms with van der Waals surface area (Å²) in [6.45, 7) is 5.45. The molecule has 0 fully saturated rings. The third-order valence-electron chi connectivity index (χ3n) is 1.56. The van der Waals surface area contributed by atoms with E-state index in [2.05, 4.69) is 23.9 Å². The predicted molar refractivity (Wildman–Crippen MR) is 50.3 cm³/mol. The van der Waals surface area contributed by atoms with Gasteiger partial charge in [-0.25, -0.2) is 0 Å². The van der Waals surface area contributed by atoms with Crippen LogP contribution >= 0.6 is 0 Å². The van der Waals surface area contributed by atoms with Gasteiger partial charge < -0.3 is 15.2 Å². The molecule has 0 saturated heterocycles. The zero-order chi connectivity index (χ0) is 10.3. The van der Waals surface area contributed by atoms with Crippen molar-refractivity contribution in [2.24, 2.45) is 5.92 Å². The highest BCUT2D eigenvalue weighted by molar-refractivity contribution is 5.69. The second-order valence-electron chi connectivity index (χ2n) is 3.49. The lowest BCUT2D eigenvalue weighted by atomic mass is 10.2. The van der Waals surface area contributed by atoms with E-state index in [9.17, 15) is 9.90 Å². The maximum Gasteiger partial charge on any atom is 0.308 e. The van der Waals surface area contributed by atoms with Gasteiger partial charge in [-0.2, -0.15) is 0 Å². The molecule has 0 bridgehead atoms. The van der Waals surface area contributed by atoms with E-state index in [0.29, 0.717) is 12.5 Å². The van der Waals surface area contributed by atoms with E-state index >= 15 is 0 Å². The molecule has 1 unspecified atom stereocenters. The van der Waals surface area contributed by atoms with Crippen LogP contribution in [0.25, 0.3) is 0 Å². The summed E-state index contributed by atoms with van der Waals surface area (Å²) in [5.74, 6) is 0.171. The Morgan fingerprint density at radius 3 is 2.54 bits per heavy atom. The van der Waals surface area contributed by atoms with E-state index in [-0.39, 0.29) is 12.4 Å². The standard InChI is InChI=1S/C9H19NO3/c1-7(2)5-10-6-8(11)4-9(12)13-3/h7-8,10-11H,4-6H2,1-3H3. The minimum Gasteiger partial charge on any atom is -0.469 e. The molecule has 13 heavy (non-hydrogen) atoms. The topological polar surface area (TPSA) is 58.6 Å². The fraction of sp³-hybridized carbons (Fsp3) is 0.889. The number of hydrogen-bond donors (Lipinski definition) is 2. The Morgan fingerprint density at radius 1 is 1.46 bits per heavy atom. The second-order valence-corrected chi connectivity index (χ2v) is 3.49. The Morgan fingerprint density at radius 2 is 2.08 bits per heavy atom. The van der Waals surface area contributed by atoms with Gasteiger partial charge in [0.15, 0.2) is 0 Å². The Balaban J connectivity index is 3.40. The highest BCUT2D eigenvalue weighted by Crippen LogP contribution is 1.93. The number of rotatable bonds is 6. The zero-order valence-corrected chi connectivity index (χ0v) is 8.54. The van der Waals surface area contributed by atoms with Gasteiger partial charge in [-0.15, -0.1) is 0 Å². The molecule has 0 rings (SSSR count). The number of methoxy groups -OCH3 is 1. The molecule has 2 N–H and O–H groups in total. The Hall–Kier alpha value is -0.610. The Bertz CT molecular complexity index is 148. The monoisotopic (exact) mass is 189 g/mol. The van der Waals surface area contributed by atoms with Gasteiger partial charge in [0.25, 0.3) is 0 Å². The van der Waals surface area contributed by atoms with Crippen molar-refractivity contribution in [3.63, 3.8) is 0 Å². The fourth-order valence-electron chi connectivity index (χ4n) is 0.887. The number of aliphatic hydroxyl groups excluding tert-OH is 1. The minimum atomic E-state index is -0.647.